The molecule has 43 nitrogen and oxygen atoms in total. The third kappa shape index (κ3) is 20.1. The topological polar surface area (TPSA) is 566 Å². The van der Waals surface area contributed by atoms with Gasteiger partial charge in [-0.25, -0.2) is 28.9 Å². The predicted molar refractivity (Wildman–Crippen MR) is 406 cm³/mol. The summed E-state index contributed by atoms with van der Waals surface area (Å²) in [4.78, 5) is 155. The lowest BCUT2D eigenvalue weighted by molar-refractivity contribution is -0.0526. The van der Waals surface area contributed by atoms with Gasteiger partial charge in [0.1, 0.15) is 67.5 Å². The summed E-state index contributed by atoms with van der Waals surface area (Å²) in [5.74, 6) is -0.707. The Morgan fingerprint density at radius 1 is 0.523 bits per heavy atom. The molecule has 5 saturated heterocycles. The Kier molecular flexibility index (Phi) is 25.7. The largest absolute Gasteiger partial charge is 0.386 e. The van der Waals surface area contributed by atoms with Gasteiger partial charge in [0, 0.05) is 55.4 Å². The standard InChI is InChI=1S/C55H76N17O26P5S6/c1-23(2)27-9-38(68-8-7-37(56)61-53(68)77)89-32(27)16-84-100(81,105)95-28-10-39(69-14-25(5)47(73)66-54(69)78)90-33(28)18-86-101(82,106)97-30-12-42(72-22-60-44-46(72)63-52(58)65-50(44)76)93-36(30)20-88-103(108,109)98-31-13-40(70-15-26(6)48(74)67-55(70)79)91-35(31)19-87-102(83,107)96-29-11-41(92-34(29)17-85-99(80,104)94-24(3)4)71-21-59-43-45(71)62-51(57)64-49(43)75/h7-8,14-15,21-24,27-36,38-42H,9-13,16-20H2,1-6H3,(H,80,104)(H,81,105)(H,82,106)(H,83,107)(H,108,109)(H2,56,61,77)(H,66,73,78)(H,67,74,79)(H3,57,62,64,75)(H3,58,63,65,76)/t27-,28+,29+,30+,31+,32+,33+,34+,35+,36+,38+,39+,40+,41+,42+,99?,100?,101?,102?/m0/s1. The second-order valence-corrected chi connectivity index (χ2v) is 42.8. The van der Waals surface area contributed by atoms with Gasteiger partial charge in [-0.3, -0.25) is 71.0 Å². The number of imidazole rings is 2. The summed E-state index contributed by atoms with van der Waals surface area (Å²) in [6.45, 7) is -10.1. The van der Waals surface area contributed by atoms with E-state index in [-0.39, 0.29) is 95.3 Å². The first kappa shape index (κ1) is 83.6. The van der Waals surface area contributed by atoms with Crippen molar-refractivity contribution in [2.24, 2.45) is 11.8 Å². The normalized spacial score (nSPS) is 28.8. The first-order valence-corrected chi connectivity index (χ1v) is 47.4. The second kappa shape index (κ2) is 33.5. The van der Waals surface area contributed by atoms with E-state index in [2.05, 4.69) is 57.1 Å². The third-order valence-electron chi connectivity index (χ3n) is 17.9. The van der Waals surface area contributed by atoms with E-state index in [0.717, 1.165) is 9.13 Å². The summed E-state index contributed by atoms with van der Waals surface area (Å²) in [6.07, 6.45) is -11.0. The summed E-state index contributed by atoms with van der Waals surface area (Å²) in [5, 5.41) is 0. The third-order valence-corrected chi connectivity index (χ3v) is 26.7. The number of nitrogens with two attached hydrogens (primary N) is 3. The van der Waals surface area contributed by atoms with Crippen molar-refractivity contribution in [1.29, 1.82) is 0 Å². The van der Waals surface area contributed by atoms with E-state index in [9.17, 15) is 52.8 Å². The molecule has 0 spiro atoms. The molecule has 0 amide bonds. The molecule has 20 atom stereocenters. The number of thiol groups is 2. The molecule has 0 radical (unpaired) electrons. The van der Waals surface area contributed by atoms with Crippen molar-refractivity contribution in [2.45, 2.75) is 166 Å². The molecule has 5 aliphatic heterocycles. The zero-order valence-corrected chi connectivity index (χ0v) is 67.6. The highest BCUT2D eigenvalue weighted by molar-refractivity contribution is 8.60. The van der Waals surface area contributed by atoms with Crippen LogP contribution in [-0.4, -0.2) is 176 Å². The SMILES string of the molecule is Cc1cn([C@H]2C[C@@H](OP(O)(=S)OC[C@H]3O[C@@H](n4ccc(N)nc4=O)C[C@H]3C(C)C)[C@@H](COP(=O)(S)O[C@@H]3C[C@H](n4cnc5c(=O)[nH]c(N)nc54)O[C@@H]3COP(=S)(S)O[C@@H]3C[C@H](n4cc(C)c(=O)[nH]c4=O)O[C@@H]3COP(O)(=S)O[C@@H]3C[C@H](n4cnc5c(=O)[nH]c(N)nc54)O[C@@H]3COP(O)(=S)OC(C)C)O2)c(=O)[nH]c1=O. The number of ether oxygens (including phenoxy) is 5. The van der Waals surface area contributed by atoms with Gasteiger partial charge in [-0.1, -0.05) is 38.3 Å². The zero-order valence-electron chi connectivity index (χ0n) is 58.0. The Labute approximate surface area is 645 Å². The van der Waals surface area contributed by atoms with Gasteiger partial charge >= 0.3 is 44.0 Å². The van der Waals surface area contributed by atoms with Crippen LogP contribution in [0.2, 0.25) is 0 Å². The van der Waals surface area contributed by atoms with Crippen molar-refractivity contribution in [2.75, 3.05) is 50.2 Å². The van der Waals surface area contributed by atoms with Crippen LogP contribution in [0.25, 0.3) is 22.3 Å². The van der Waals surface area contributed by atoms with Crippen LogP contribution in [0, 0.1) is 25.7 Å². The highest BCUT2D eigenvalue weighted by Gasteiger charge is 2.49. The summed E-state index contributed by atoms with van der Waals surface area (Å²) < 4.78 is 113. The molecular formula is C55H76N17O26P5S6. The molecule has 0 aromatic carbocycles. The summed E-state index contributed by atoms with van der Waals surface area (Å²) in [6, 6.07) is 1.45. The Hall–Kier alpha value is -4.85. The molecule has 7 aromatic rings. The Balaban J connectivity index is 0.758. The minimum atomic E-state index is -4.70. The maximum absolute atomic E-state index is 14.8. The lowest BCUT2D eigenvalue weighted by Gasteiger charge is -2.28. The molecule has 5 aliphatic rings. The highest BCUT2D eigenvalue weighted by Crippen LogP contribution is 2.61. The van der Waals surface area contributed by atoms with E-state index in [1.165, 1.54) is 64.9 Å². The number of aromatic amines is 4. The van der Waals surface area contributed by atoms with Crippen LogP contribution < -0.4 is 56.5 Å². The molecule has 5 fully saturated rings. The van der Waals surface area contributed by atoms with Crippen molar-refractivity contribution in [3.05, 3.63) is 121 Å². The number of nitrogen functional groups attached to an aromatic ring is 3. The number of hydrogen-bond acceptors (Lipinski definition) is 35. The van der Waals surface area contributed by atoms with E-state index in [0.29, 0.717) is 6.42 Å². The smallest absolute Gasteiger partial charge is 0.383 e. The second-order valence-electron chi connectivity index (χ2n) is 26.3. The lowest BCUT2D eigenvalue weighted by Crippen LogP contribution is -2.33. The van der Waals surface area contributed by atoms with Crippen LogP contribution in [-0.2, 0) is 121 Å². The van der Waals surface area contributed by atoms with E-state index < -0.39 is 191 Å². The number of aryl methyl sites for hydroxylation is 2. The minimum Gasteiger partial charge on any atom is -0.383 e. The van der Waals surface area contributed by atoms with Crippen molar-refractivity contribution in [1.82, 2.24) is 67.7 Å². The average Bonchev–Trinajstić information content (AvgIpc) is 1.63. The van der Waals surface area contributed by atoms with Crippen molar-refractivity contribution in [3.63, 3.8) is 0 Å². The maximum atomic E-state index is 14.8. The fourth-order valence-electron chi connectivity index (χ4n) is 12.8. The number of anilines is 3. The number of nitrogens with zero attached hydrogens (tertiary/aromatic N) is 10. The van der Waals surface area contributed by atoms with Gasteiger partial charge in [0.25, 0.3) is 22.2 Å². The Bertz CT molecular complexity index is 5280. The lowest BCUT2D eigenvalue weighted by atomic mass is 9.89. The molecule has 7 aromatic heterocycles. The van der Waals surface area contributed by atoms with Crippen LogP contribution in [0.15, 0.2) is 70.9 Å². The molecule has 5 unspecified atom stereocenters. The molecule has 109 heavy (non-hydrogen) atoms. The predicted octanol–water partition coefficient (Wildman–Crippen LogP) is 2.57. The molecule has 12 heterocycles. The van der Waals surface area contributed by atoms with Crippen molar-refractivity contribution in [3.8, 4) is 0 Å². The van der Waals surface area contributed by atoms with Gasteiger partial charge in [0.15, 0.2) is 22.3 Å². The van der Waals surface area contributed by atoms with E-state index >= 15 is 0 Å². The first-order valence-electron chi connectivity index (χ1n) is 33.2. The van der Waals surface area contributed by atoms with E-state index in [4.69, 9.17) is 146 Å². The number of rotatable bonds is 31. The quantitative estimate of drug-likeness (QED) is 0.0219. The molecular weight excluding hydrogens is 1660 g/mol. The van der Waals surface area contributed by atoms with E-state index in [1.54, 1.807) is 13.8 Å². The number of fused-ring (bicyclic) bond motifs is 2. The summed E-state index contributed by atoms with van der Waals surface area (Å²) in [7, 11) is 0. The molecule has 54 heteroatoms. The highest BCUT2D eigenvalue weighted by atomic mass is 32.9. The number of aromatic nitrogens is 14. The van der Waals surface area contributed by atoms with Gasteiger partial charge in [-0.15, -0.1) is 0 Å². The van der Waals surface area contributed by atoms with Gasteiger partial charge in [0.05, 0.1) is 76.2 Å². The van der Waals surface area contributed by atoms with Gasteiger partial charge < -0.3 is 91.8 Å². The molecule has 12 rings (SSSR count). The molecule has 13 N–H and O–H groups in total. The van der Waals surface area contributed by atoms with E-state index in [1.807, 2.05) is 13.8 Å². The number of H-pyrrole nitrogens is 4. The molecule has 598 valence electrons. The van der Waals surface area contributed by atoms with Crippen LogP contribution in [0.1, 0.15) is 102 Å². The maximum Gasteiger partial charge on any atom is 0.386 e. The fourth-order valence-corrected chi connectivity index (χ4v) is 20.9. The number of hydrogen-bond donors (Lipinski definition) is 12. The zero-order chi connectivity index (χ0) is 78.7. The summed E-state index contributed by atoms with van der Waals surface area (Å²) in [5.41, 5.74) is 8.57. The average molecular weight is 1740 g/mol. The number of nitrogens with one attached hydrogen (secondary N) is 4. The monoisotopic (exact) mass is 1740 g/mol. The molecule has 0 aliphatic carbocycles. The molecule has 0 bridgehead atoms. The minimum absolute atomic E-state index is 0.0116. The van der Waals surface area contributed by atoms with Gasteiger partial charge in [0.2, 0.25) is 17.6 Å². The van der Waals surface area contributed by atoms with Crippen LogP contribution >= 0.6 is 57.1 Å². The first-order chi connectivity index (χ1) is 51.2. The van der Waals surface area contributed by atoms with Crippen LogP contribution in [0.4, 0.5) is 17.7 Å². The van der Waals surface area contributed by atoms with Gasteiger partial charge in [-0.05, 0) is 99.2 Å². The van der Waals surface area contributed by atoms with Crippen molar-refractivity contribution < 1.29 is 88.2 Å². The van der Waals surface area contributed by atoms with Gasteiger partial charge in [-0.2, -0.15) is 15.0 Å². The van der Waals surface area contributed by atoms with Crippen molar-refractivity contribution >= 4 is 144 Å². The van der Waals surface area contributed by atoms with Crippen LogP contribution in [0.3, 0.4) is 0 Å². The molecule has 0 saturated carbocycles. The fraction of sp³-hybridized carbons (Fsp3) is 0.600. The Morgan fingerprint density at radius 3 is 1.37 bits per heavy atom. The van der Waals surface area contributed by atoms with Crippen LogP contribution in [0.5, 0.6) is 0 Å². The Morgan fingerprint density at radius 2 is 0.917 bits per heavy atom. The summed E-state index contributed by atoms with van der Waals surface area (Å²) >= 11 is 31.3.